The Labute approximate surface area is 73.9 Å². The lowest BCUT2D eigenvalue weighted by Crippen LogP contribution is -2.21. The number of benzene rings is 1. The van der Waals surface area contributed by atoms with Crippen LogP contribution in [0.3, 0.4) is 0 Å². The van der Waals surface area contributed by atoms with Crippen molar-refractivity contribution in [2.75, 3.05) is 5.73 Å². The molecule has 60 valence electrons. The summed E-state index contributed by atoms with van der Waals surface area (Å²) in [5.41, 5.74) is 9.97. The van der Waals surface area contributed by atoms with Gasteiger partial charge < -0.3 is 5.73 Å². The SMILES string of the molecule is NNCc1cc(Br)ccc1N. The van der Waals surface area contributed by atoms with E-state index in [4.69, 9.17) is 11.6 Å². The molecule has 0 amide bonds. The van der Waals surface area contributed by atoms with Gasteiger partial charge in [-0.1, -0.05) is 15.9 Å². The van der Waals surface area contributed by atoms with Crippen LogP contribution < -0.4 is 17.0 Å². The van der Waals surface area contributed by atoms with Crippen molar-refractivity contribution in [2.24, 2.45) is 5.84 Å². The van der Waals surface area contributed by atoms with Crippen molar-refractivity contribution in [3.05, 3.63) is 28.2 Å². The largest absolute Gasteiger partial charge is 0.398 e. The maximum Gasteiger partial charge on any atom is 0.0369 e. The molecule has 11 heavy (non-hydrogen) atoms. The molecule has 1 aromatic carbocycles. The van der Waals surface area contributed by atoms with E-state index in [2.05, 4.69) is 21.4 Å². The van der Waals surface area contributed by atoms with Gasteiger partial charge in [-0.25, -0.2) is 0 Å². The van der Waals surface area contributed by atoms with Crippen LogP contribution in [0.15, 0.2) is 22.7 Å². The minimum absolute atomic E-state index is 0.589. The standard InChI is InChI=1S/C7H10BrN3/c8-6-1-2-7(9)5(3-6)4-11-10/h1-3,11H,4,9-10H2. The highest BCUT2D eigenvalue weighted by atomic mass is 79.9. The van der Waals surface area contributed by atoms with E-state index < -0.39 is 0 Å². The Kier molecular flexibility index (Phi) is 2.87. The maximum atomic E-state index is 5.66. The van der Waals surface area contributed by atoms with E-state index in [1.54, 1.807) is 0 Å². The van der Waals surface area contributed by atoms with Crippen LogP contribution in [-0.2, 0) is 6.54 Å². The molecule has 3 nitrogen and oxygen atoms in total. The van der Waals surface area contributed by atoms with Crippen LogP contribution >= 0.6 is 15.9 Å². The van der Waals surface area contributed by atoms with Crippen molar-refractivity contribution >= 4 is 21.6 Å². The molecule has 0 aliphatic heterocycles. The zero-order valence-corrected chi connectivity index (χ0v) is 7.56. The molecule has 0 unspecified atom stereocenters. The number of nitrogens with two attached hydrogens (primary N) is 2. The highest BCUT2D eigenvalue weighted by molar-refractivity contribution is 9.10. The van der Waals surface area contributed by atoms with Gasteiger partial charge in [-0.3, -0.25) is 11.3 Å². The van der Waals surface area contributed by atoms with Gasteiger partial charge in [-0.05, 0) is 23.8 Å². The number of nitrogens with one attached hydrogen (secondary N) is 1. The van der Waals surface area contributed by atoms with Gasteiger partial charge in [0.25, 0.3) is 0 Å². The molecule has 0 aromatic heterocycles. The maximum absolute atomic E-state index is 5.66. The van der Waals surface area contributed by atoms with E-state index in [0.29, 0.717) is 6.54 Å². The molecule has 1 rings (SSSR count). The van der Waals surface area contributed by atoms with Gasteiger partial charge in [0.2, 0.25) is 0 Å². The quantitative estimate of drug-likeness (QED) is 0.392. The van der Waals surface area contributed by atoms with Crippen LogP contribution in [0.2, 0.25) is 0 Å². The number of halogens is 1. The normalized spacial score (nSPS) is 10.0. The van der Waals surface area contributed by atoms with Crippen molar-refractivity contribution in [3.63, 3.8) is 0 Å². The number of nitrogen functional groups attached to an aromatic ring is 1. The molecule has 1 aromatic rings. The molecule has 5 N–H and O–H groups in total. The molecule has 0 spiro atoms. The third kappa shape index (κ3) is 2.18. The van der Waals surface area contributed by atoms with Crippen LogP contribution in [0.4, 0.5) is 5.69 Å². The highest BCUT2D eigenvalue weighted by Gasteiger charge is 1.97. The van der Waals surface area contributed by atoms with Crippen molar-refractivity contribution in [3.8, 4) is 0 Å². The first-order valence-electron chi connectivity index (χ1n) is 3.21. The lowest BCUT2D eigenvalue weighted by molar-refractivity contribution is 0.742. The fourth-order valence-corrected chi connectivity index (χ4v) is 1.25. The number of anilines is 1. The van der Waals surface area contributed by atoms with Crippen molar-refractivity contribution in [1.29, 1.82) is 0 Å². The monoisotopic (exact) mass is 215 g/mol. The Bertz CT molecular complexity index is 249. The third-order valence-electron chi connectivity index (χ3n) is 1.40. The summed E-state index contributed by atoms with van der Waals surface area (Å²) in [4.78, 5) is 0. The summed E-state index contributed by atoms with van der Waals surface area (Å²) in [5, 5.41) is 0. The smallest absolute Gasteiger partial charge is 0.0369 e. The van der Waals surface area contributed by atoms with E-state index >= 15 is 0 Å². The van der Waals surface area contributed by atoms with E-state index in [9.17, 15) is 0 Å². The second kappa shape index (κ2) is 3.71. The van der Waals surface area contributed by atoms with Gasteiger partial charge in [-0.2, -0.15) is 0 Å². The first kappa shape index (κ1) is 8.52. The Balaban J connectivity index is 2.93. The summed E-state index contributed by atoms with van der Waals surface area (Å²) < 4.78 is 1.01. The lowest BCUT2D eigenvalue weighted by atomic mass is 10.2. The molecular formula is C7H10BrN3. The average molecular weight is 216 g/mol. The second-order valence-corrected chi connectivity index (χ2v) is 3.14. The Hall–Kier alpha value is -0.580. The zero-order valence-electron chi connectivity index (χ0n) is 5.97. The van der Waals surface area contributed by atoms with E-state index in [0.717, 1.165) is 15.7 Å². The van der Waals surface area contributed by atoms with Gasteiger partial charge in [0.15, 0.2) is 0 Å². The molecule has 0 heterocycles. The van der Waals surface area contributed by atoms with Gasteiger partial charge in [0.1, 0.15) is 0 Å². The molecule has 0 saturated carbocycles. The van der Waals surface area contributed by atoms with Gasteiger partial charge in [0.05, 0.1) is 0 Å². The van der Waals surface area contributed by atoms with Gasteiger partial charge >= 0.3 is 0 Å². The van der Waals surface area contributed by atoms with Crippen molar-refractivity contribution in [2.45, 2.75) is 6.54 Å². The summed E-state index contributed by atoms with van der Waals surface area (Å²) in [6, 6.07) is 5.68. The first-order valence-corrected chi connectivity index (χ1v) is 4.00. The second-order valence-electron chi connectivity index (χ2n) is 2.22. The lowest BCUT2D eigenvalue weighted by Gasteiger charge is -2.04. The molecule has 0 radical (unpaired) electrons. The molecule has 4 heteroatoms. The van der Waals surface area contributed by atoms with E-state index in [1.165, 1.54) is 0 Å². The van der Waals surface area contributed by atoms with Crippen LogP contribution in [0, 0.1) is 0 Å². The van der Waals surface area contributed by atoms with Gasteiger partial charge in [0, 0.05) is 16.7 Å². The molecule has 0 aliphatic carbocycles. The van der Waals surface area contributed by atoms with Gasteiger partial charge in [-0.15, -0.1) is 0 Å². The molecule has 0 bridgehead atoms. The molecule has 0 atom stereocenters. The zero-order chi connectivity index (χ0) is 8.27. The number of hydrogen-bond acceptors (Lipinski definition) is 3. The summed E-state index contributed by atoms with van der Waals surface area (Å²) in [6.45, 7) is 0.589. The van der Waals surface area contributed by atoms with Crippen molar-refractivity contribution < 1.29 is 0 Å². The summed E-state index contributed by atoms with van der Waals surface area (Å²) in [5.74, 6) is 5.16. The molecule has 0 aliphatic rings. The fraction of sp³-hybridized carbons (Fsp3) is 0.143. The Morgan fingerprint density at radius 2 is 2.18 bits per heavy atom. The van der Waals surface area contributed by atoms with E-state index in [-0.39, 0.29) is 0 Å². The van der Waals surface area contributed by atoms with Crippen LogP contribution in [0.25, 0.3) is 0 Å². The number of hydrazine groups is 1. The number of hydrogen-bond donors (Lipinski definition) is 3. The summed E-state index contributed by atoms with van der Waals surface area (Å²) >= 11 is 3.34. The predicted octanol–water partition coefficient (Wildman–Crippen LogP) is 0.995. The summed E-state index contributed by atoms with van der Waals surface area (Å²) in [6.07, 6.45) is 0. The third-order valence-corrected chi connectivity index (χ3v) is 1.89. The minimum atomic E-state index is 0.589. The van der Waals surface area contributed by atoms with Crippen molar-refractivity contribution in [1.82, 2.24) is 5.43 Å². The predicted molar refractivity (Wildman–Crippen MR) is 49.6 cm³/mol. The van der Waals surface area contributed by atoms with Crippen LogP contribution in [0.1, 0.15) is 5.56 Å². The Morgan fingerprint density at radius 1 is 1.45 bits per heavy atom. The van der Waals surface area contributed by atoms with E-state index in [1.807, 2.05) is 18.2 Å². The first-order chi connectivity index (χ1) is 5.24. The number of rotatable bonds is 2. The molecule has 0 saturated heterocycles. The molecule has 0 fully saturated rings. The summed E-state index contributed by atoms with van der Waals surface area (Å²) in [7, 11) is 0. The Morgan fingerprint density at radius 3 is 2.82 bits per heavy atom. The topological polar surface area (TPSA) is 64.1 Å². The van der Waals surface area contributed by atoms with Crippen LogP contribution in [-0.4, -0.2) is 0 Å². The average Bonchev–Trinajstić information content (AvgIpc) is 1.98. The molecular weight excluding hydrogens is 206 g/mol. The van der Waals surface area contributed by atoms with Crippen LogP contribution in [0.5, 0.6) is 0 Å². The fourth-order valence-electron chi connectivity index (χ4n) is 0.837. The highest BCUT2D eigenvalue weighted by Crippen LogP contribution is 2.17. The minimum Gasteiger partial charge on any atom is -0.398 e.